The summed E-state index contributed by atoms with van der Waals surface area (Å²) in [5.74, 6) is 4.02. The fourth-order valence-corrected chi connectivity index (χ4v) is 6.50. The average Bonchev–Trinajstić information content (AvgIpc) is 2.98. The molecule has 4 rings (SSSR count). The van der Waals surface area contributed by atoms with E-state index in [2.05, 4.69) is 24.3 Å². The number of methoxy groups -OCH3 is 6. The van der Waals surface area contributed by atoms with E-state index in [1.807, 2.05) is 48.5 Å². The lowest BCUT2D eigenvalue weighted by Gasteiger charge is -2.19. The molecule has 8 heteroatoms. The van der Waals surface area contributed by atoms with Gasteiger partial charge in [-0.15, -0.1) is 0 Å². The van der Waals surface area contributed by atoms with Crippen LogP contribution in [0.4, 0.5) is 0 Å². The van der Waals surface area contributed by atoms with Crippen LogP contribution in [0.3, 0.4) is 0 Å². The van der Waals surface area contributed by atoms with Crippen molar-refractivity contribution in [2.45, 2.75) is 9.79 Å². The number of hydrogen-bond donors (Lipinski definition) is 0. The molecule has 0 bridgehead atoms. The minimum Gasteiger partial charge on any atom is -0.496 e. The molecule has 0 aliphatic rings. The molecule has 6 nitrogen and oxygen atoms in total. The van der Waals surface area contributed by atoms with Crippen LogP contribution in [0.2, 0.25) is 0 Å². The summed E-state index contributed by atoms with van der Waals surface area (Å²) in [6.45, 7) is 0. The monoisotopic (exact) mass is 550 g/mol. The van der Waals surface area contributed by atoms with E-state index in [1.165, 1.54) is 0 Å². The second-order valence-corrected chi connectivity index (χ2v) is 10.2. The molecule has 38 heavy (non-hydrogen) atoms. The van der Waals surface area contributed by atoms with Crippen LogP contribution >= 0.6 is 21.6 Å². The van der Waals surface area contributed by atoms with Crippen LogP contribution < -0.4 is 28.4 Å². The molecule has 0 aromatic heterocycles. The van der Waals surface area contributed by atoms with Crippen molar-refractivity contribution in [3.05, 3.63) is 72.8 Å². The molecule has 4 aromatic rings. The van der Waals surface area contributed by atoms with Crippen molar-refractivity contribution < 1.29 is 28.4 Å². The summed E-state index contributed by atoms with van der Waals surface area (Å²) in [5.41, 5.74) is 3.73. The third-order valence-corrected chi connectivity index (χ3v) is 8.45. The average molecular weight is 551 g/mol. The zero-order valence-electron chi connectivity index (χ0n) is 22.2. The van der Waals surface area contributed by atoms with Crippen LogP contribution in [0.5, 0.6) is 34.5 Å². The van der Waals surface area contributed by atoms with Gasteiger partial charge < -0.3 is 28.4 Å². The second-order valence-electron chi connectivity index (χ2n) is 7.97. The van der Waals surface area contributed by atoms with E-state index in [0.29, 0.717) is 34.5 Å². The summed E-state index contributed by atoms with van der Waals surface area (Å²) < 4.78 is 33.8. The Morgan fingerprint density at radius 1 is 0.421 bits per heavy atom. The van der Waals surface area contributed by atoms with E-state index >= 15 is 0 Å². The van der Waals surface area contributed by atoms with Crippen molar-refractivity contribution >= 4 is 21.6 Å². The van der Waals surface area contributed by atoms with Gasteiger partial charge in [-0.2, -0.15) is 0 Å². The molecule has 0 aliphatic heterocycles. The molecule has 0 heterocycles. The molecule has 0 N–H and O–H groups in total. The third kappa shape index (κ3) is 5.61. The molecule has 0 spiro atoms. The Kier molecular flexibility index (Phi) is 9.20. The zero-order valence-corrected chi connectivity index (χ0v) is 23.8. The largest absolute Gasteiger partial charge is 0.496 e. The standard InChI is InChI=1S/C30H30O6S2/c1-31-19-15-23(33-3)29(24(16-19)34-4)21-11-7-9-13-27(21)37-38-28-14-10-8-12-22(28)30-25(35-5)17-20(32-2)18-26(30)36-6/h7-18H,1-6H3. The third-order valence-electron chi connectivity index (χ3n) is 5.96. The van der Waals surface area contributed by atoms with Crippen LogP contribution in [0.1, 0.15) is 0 Å². The minimum atomic E-state index is 0.665. The first kappa shape index (κ1) is 27.4. The van der Waals surface area contributed by atoms with Crippen molar-refractivity contribution in [1.29, 1.82) is 0 Å². The fraction of sp³-hybridized carbons (Fsp3) is 0.200. The maximum atomic E-state index is 5.74. The van der Waals surface area contributed by atoms with Gasteiger partial charge in [0, 0.05) is 45.2 Å². The summed E-state index contributed by atoms with van der Waals surface area (Å²) in [6.07, 6.45) is 0. The summed E-state index contributed by atoms with van der Waals surface area (Å²) in [6, 6.07) is 23.8. The number of rotatable bonds is 11. The number of hydrogen-bond acceptors (Lipinski definition) is 8. The van der Waals surface area contributed by atoms with Gasteiger partial charge >= 0.3 is 0 Å². The van der Waals surface area contributed by atoms with Gasteiger partial charge in [-0.1, -0.05) is 58.0 Å². The van der Waals surface area contributed by atoms with Crippen LogP contribution in [0.15, 0.2) is 82.6 Å². The van der Waals surface area contributed by atoms with E-state index in [9.17, 15) is 0 Å². The zero-order chi connectivity index (χ0) is 27.1. The molecule has 0 fully saturated rings. The van der Waals surface area contributed by atoms with Crippen LogP contribution in [0, 0.1) is 0 Å². The van der Waals surface area contributed by atoms with Gasteiger partial charge in [0.2, 0.25) is 0 Å². The summed E-state index contributed by atoms with van der Waals surface area (Å²) in [5, 5.41) is 0. The summed E-state index contributed by atoms with van der Waals surface area (Å²) in [4.78, 5) is 2.12. The molecule has 0 unspecified atom stereocenters. The molecule has 0 saturated heterocycles. The molecule has 0 saturated carbocycles. The van der Waals surface area contributed by atoms with E-state index in [-0.39, 0.29) is 0 Å². The highest BCUT2D eigenvalue weighted by atomic mass is 33.1. The Morgan fingerprint density at radius 3 is 1.03 bits per heavy atom. The van der Waals surface area contributed by atoms with Crippen molar-refractivity contribution in [1.82, 2.24) is 0 Å². The van der Waals surface area contributed by atoms with Gasteiger partial charge in [-0.3, -0.25) is 0 Å². The quantitative estimate of drug-likeness (QED) is 0.175. The van der Waals surface area contributed by atoms with Crippen molar-refractivity contribution in [2.75, 3.05) is 42.7 Å². The lowest BCUT2D eigenvalue weighted by molar-refractivity contribution is 0.377. The predicted octanol–water partition coefficient (Wildman–Crippen LogP) is 7.87. The van der Waals surface area contributed by atoms with Gasteiger partial charge in [0.1, 0.15) is 34.5 Å². The fourth-order valence-electron chi connectivity index (χ4n) is 4.12. The number of benzene rings is 4. The highest BCUT2D eigenvalue weighted by Gasteiger charge is 2.21. The number of ether oxygens (including phenoxy) is 6. The predicted molar refractivity (Wildman–Crippen MR) is 155 cm³/mol. The Hall–Kier alpha value is -3.62. The maximum absolute atomic E-state index is 5.74. The molecular formula is C30H30O6S2. The van der Waals surface area contributed by atoms with Crippen molar-refractivity contribution in [2.24, 2.45) is 0 Å². The first-order valence-corrected chi connectivity index (χ1v) is 13.9. The lowest BCUT2D eigenvalue weighted by Crippen LogP contribution is -1.96. The Morgan fingerprint density at radius 2 is 0.737 bits per heavy atom. The molecule has 0 amide bonds. The molecule has 0 atom stereocenters. The van der Waals surface area contributed by atoms with Gasteiger partial charge in [0.25, 0.3) is 0 Å². The van der Waals surface area contributed by atoms with Gasteiger partial charge in [-0.25, -0.2) is 0 Å². The van der Waals surface area contributed by atoms with Crippen LogP contribution in [0.25, 0.3) is 22.3 Å². The van der Waals surface area contributed by atoms with E-state index < -0.39 is 0 Å². The first-order chi connectivity index (χ1) is 18.6. The maximum Gasteiger partial charge on any atom is 0.134 e. The highest BCUT2D eigenvalue weighted by Crippen LogP contribution is 2.51. The van der Waals surface area contributed by atoms with Gasteiger partial charge in [0.05, 0.1) is 53.8 Å². The van der Waals surface area contributed by atoms with Crippen molar-refractivity contribution in [3.63, 3.8) is 0 Å². The molecule has 198 valence electrons. The Labute approximate surface area is 231 Å². The normalized spacial score (nSPS) is 10.6. The molecule has 0 aliphatic carbocycles. The second kappa shape index (κ2) is 12.8. The van der Waals surface area contributed by atoms with Crippen molar-refractivity contribution in [3.8, 4) is 56.8 Å². The Balaban J connectivity index is 1.75. The van der Waals surface area contributed by atoms with E-state index in [0.717, 1.165) is 32.0 Å². The van der Waals surface area contributed by atoms with Gasteiger partial charge in [0.15, 0.2) is 0 Å². The lowest BCUT2D eigenvalue weighted by atomic mass is 10.0. The van der Waals surface area contributed by atoms with Crippen LogP contribution in [-0.4, -0.2) is 42.7 Å². The highest BCUT2D eigenvalue weighted by molar-refractivity contribution is 8.76. The molecule has 4 aromatic carbocycles. The SMILES string of the molecule is COc1cc(OC)c(-c2ccccc2SSc2ccccc2-c2c(OC)cc(OC)cc2OC)c(OC)c1. The smallest absolute Gasteiger partial charge is 0.134 e. The van der Waals surface area contributed by atoms with E-state index in [4.69, 9.17) is 28.4 Å². The minimum absolute atomic E-state index is 0.665. The topological polar surface area (TPSA) is 55.4 Å². The van der Waals surface area contributed by atoms with Gasteiger partial charge in [-0.05, 0) is 12.1 Å². The molecule has 0 radical (unpaired) electrons. The first-order valence-electron chi connectivity index (χ1n) is 11.7. The summed E-state index contributed by atoms with van der Waals surface area (Å²) in [7, 11) is 13.1. The van der Waals surface area contributed by atoms with Crippen LogP contribution in [-0.2, 0) is 0 Å². The summed E-state index contributed by atoms with van der Waals surface area (Å²) >= 11 is 0. The Bertz CT molecular complexity index is 1250. The molecular weight excluding hydrogens is 520 g/mol. The van der Waals surface area contributed by atoms with E-state index in [1.54, 1.807) is 64.2 Å².